The van der Waals surface area contributed by atoms with E-state index >= 15 is 0 Å². The maximum atomic E-state index is 11.8. The van der Waals surface area contributed by atoms with Gasteiger partial charge in [-0.3, -0.25) is 19.3 Å². The first kappa shape index (κ1) is 14.5. The summed E-state index contributed by atoms with van der Waals surface area (Å²) in [5.41, 5.74) is 1.23. The van der Waals surface area contributed by atoms with Crippen LogP contribution in [0.2, 0.25) is 0 Å². The van der Waals surface area contributed by atoms with E-state index in [2.05, 4.69) is 5.32 Å². The Balaban J connectivity index is 2.07. The number of benzene rings is 1. The summed E-state index contributed by atoms with van der Waals surface area (Å²) in [4.78, 5) is 36.3. The molecule has 0 atom stereocenters. The van der Waals surface area contributed by atoms with Crippen molar-refractivity contribution < 1.29 is 14.4 Å². The van der Waals surface area contributed by atoms with Crippen LogP contribution < -0.4 is 5.32 Å². The van der Waals surface area contributed by atoms with Crippen molar-refractivity contribution in [1.29, 1.82) is 0 Å². The number of nitrogens with zero attached hydrogens (tertiary/aromatic N) is 1. The van der Waals surface area contributed by atoms with Gasteiger partial charge in [-0.25, -0.2) is 0 Å². The van der Waals surface area contributed by atoms with Crippen molar-refractivity contribution in [3.05, 3.63) is 29.3 Å². The van der Waals surface area contributed by atoms with E-state index in [1.165, 1.54) is 7.05 Å². The Kier molecular flexibility index (Phi) is 4.39. The number of halogens is 1. The predicted molar refractivity (Wildman–Crippen MR) is 76.1 cm³/mol. The number of nitrogens with one attached hydrogen (secondary N) is 1. The highest BCUT2D eigenvalue weighted by molar-refractivity contribution is 6.21. The zero-order valence-corrected chi connectivity index (χ0v) is 11.9. The molecular formula is C14H15ClN2O3. The minimum Gasteiger partial charge on any atom is -0.326 e. The van der Waals surface area contributed by atoms with Crippen molar-refractivity contribution in [1.82, 2.24) is 4.90 Å². The molecule has 1 aliphatic heterocycles. The van der Waals surface area contributed by atoms with E-state index in [4.69, 9.17) is 11.6 Å². The van der Waals surface area contributed by atoms with Gasteiger partial charge < -0.3 is 5.32 Å². The van der Waals surface area contributed by atoms with Crippen LogP contribution in [0.15, 0.2) is 18.2 Å². The molecule has 5 nitrogen and oxygen atoms in total. The highest BCUT2D eigenvalue weighted by atomic mass is 35.5. The number of hydrogen-bond donors (Lipinski definition) is 1. The number of carbonyl (C=O) groups is 3. The highest BCUT2D eigenvalue weighted by Crippen LogP contribution is 2.24. The number of alkyl halides is 1. The number of carbonyl (C=O) groups excluding carboxylic acids is 3. The van der Waals surface area contributed by atoms with Gasteiger partial charge in [-0.2, -0.15) is 0 Å². The van der Waals surface area contributed by atoms with Gasteiger partial charge in [0.2, 0.25) is 5.91 Å². The summed E-state index contributed by atoms with van der Waals surface area (Å²) in [6.07, 6.45) is 1.90. The number of unbranched alkanes of at least 4 members (excludes halogenated alkanes) is 1. The molecule has 0 aliphatic carbocycles. The summed E-state index contributed by atoms with van der Waals surface area (Å²) in [6, 6.07) is 4.73. The normalized spacial score (nSPS) is 13.6. The summed E-state index contributed by atoms with van der Waals surface area (Å²) < 4.78 is 0. The van der Waals surface area contributed by atoms with Crippen LogP contribution in [0.25, 0.3) is 0 Å². The van der Waals surface area contributed by atoms with Crippen LogP contribution in [0.3, 0.4) is 0 Å². The third-order valence-electron chi connectivity index (χ3n) is 3.16. The second-order valence-electron chi connectivity index (χ2n) is 4.62. The average Bonchev–Trinajstić information content (AvgIpc) is 2.64. The van der Waals surface area contributed by atoms with Crippen LogP contribution in [0, 0.1) is 0 Å². The zero-order valence-electron chi connectivity index (χ0n) is 11.1. The van der Waals surface area contributed by atoms with E-state index in [0.29, 0.717) is 29.1 Å². The van der Waals surface area contributed by atoms with Gasteiger partial charge in [-0.05, 0) is 31.0 Å². The lowest BCUT2D eigenvalue weighted by Crippen LogP contribution is -2.24. The molecule has 1 aromatic carbocycles. The summed E-state index contributed by atoms with van der Waals surface area (Å²) in [7, 11) is 1.44. The first-order valence-corrected chi connectivity index (χ1v) is 6.90. The average molecular weight is 295 g/mol. The first-order chi connectivity index (χ1) is 9.54. The Morgan fingerprint density at radius 2 is 1.90 bits per heavy atom. The van der Waals surface area contributed by atoms with Crippen molar-refractivity contribution in [2.75, 3.05) is 18.2 Å². The molecule has 20 heavy (non-hydrogen) atoms. The number of imide groups is 1. The molecule has 1 aliphatic rings. The van der Waals surface area contributed by atoms with Gasteiger partial charge in [0.25, 0.3) is 11.8 Å². The van der Waals surface area contributed by atoms with Crippen molar-refractivity contribution >= 4 is 35.0 Å². The van der Waals surface area contributed by atoms with Crippen LogP contribution in [0.5, 0.6) is 0 Å². The second-order valence-corrected chi connectivity index (χ2v) is 5.00. The lowest BCUT2D eigenvalue weighted by atomic mass is 10.1. The van der Waals surface area contributed by atoms with Crippen molar-refractivity contribution in [2.24, 2.45) is 0 Å². The topological polar surface area (TPSA) is 66.5 Å². The Labute approximate surface area is 121 Å². The quantitative estimate of drug-likeness (QED) is 0.514. The summed E-state index contributed by atoms with van der Waals surface area (Å²) in [5.74, 6) is -0.247. The van der Waals surface area contributed by atoms with Gasteiger partial charge in [0.15, 0.2) is 0 Å². The maximum Gasteiger partial charge on any atom is 0.261 e. The Morgan fingerprint density at radius 3 is 2.60 bits per heavy atom. The molecule has 1 heterocycles. The number of rotatable bonds is 5. The van der Waals surface area contributed by atoms with Crippen LogP contribution in [-0.2, 0) is 4.79 Å². The predicted octanol–water partition coefficient (Wildman–Crippen LogP) is 2.26. The van der Waals surface area contributed by atoms with Crippen LogP contribution >= 0.6 is 11.6 Å². The lowest BCUT2D eigenvalue weighted by molar-refractivity contribution is -0.116. The third kappa shape index (κ3) is 2.82. The molecule has 0 fully saturated rings. The molecule has 0 radical (unpaired) electrons. The minimum absolute atomic E-state index is 0.125. The fourth-order valence-corrected chi connectivity index (χ4v) is 2.23. The second kappa shape index (κ2) is 6.05. The molecule has 0 unspecified atom stereocenters. The number of fused-ring (bicyclic) bond motifs is 1. The summed E-state index contributed by atoms with van der Waals surface area (Å²) in [6.45, 7) is 0. The molecule has 0 bridgehead atoms. The van der Waals surface area contributed by atoms with Gasteiger partial charge in [-0.1, -0.05) is 0 Å². The number of amides is 3. The first-order valence-electron chi connectivity index (χ1n) is 6.37. The van der Waals surface area contributed by atoms with Crippen molar-refractivity contribution in [3.8, 4) is 0 Å². The van der Waals surface area contributed by atoms with Crippen molar-refractivity contribution in [3.63, 3.8) is 0 Å². The molecule has 1 aromatic rings. The standard InChI is InChI=1S/C14H15ClN2O3/c1-17-13(19)10-6-5-9(8-11(10)14(17)20)16-12(18)4-2-3-7-15/h5-6,8H,2-4,7H2,1H3,(H,16,18). The van der Waals surface area contributed by atoms with E-state index < -0.39 is 0 Å². The van der Waals surface area contributed by atoms with E-state index in [0.717, 1.165) is 17.7 Å². The maximum absolute atomic E-state index is 11.8. The molecule has 0 saturated heterocycles. The fraction of sp³-hybridized carbons (Fsp3) is 0.357. The van der Waals surface area contributed by atoms with Gasteiger partial charge in [0.1, 0.15) is 0 Å². The largest absolute Gasteiger partial charge is 0.326 e. The molecule has 2 rings (SSSR count). The van der Waals surface area contributed by atoms with Gasteiger partial charge in [-0.15, -0.1) is 11.6 Å². The highest BCUT2D eigenvalue weighted by Gasteiger charge is 2.32. The van der Waals surface area contributed by atoms with Gasteiger partial charge in [0.05, 0.1) is 11.1 Å². The Hall–Kier alpha value is -1.88. The fourth-order valence-electron chi connectivity index (χ4n) is 2.04. The number of hydrogen-bond acceptors (Lipinski definition) is 3. The molecule has 0 saturated carbocycles. The van der Waals surface area contributed by atoms with E-state index in [-0.39, 0.29) is 17.7 Å². The van der Waals surface area contributed by atoms with Crippen LogP contribution in [0.4, 0.5) is 5.69 Å². The van der Waals surface area contributed by atoms with Crippen LogP contribution in [0.1, 0.15) is 40.0 Å². The molecule has 1 N–H and O–H groups in total. The van der Waals surface area contributed by atoms with Gasteiger partial charge in [0, 0.05) is 25.0 Å². The molecule has 0 aromatic heterocycles. The summed E-state index contributed by atoms with van der Waals surface area (Å²) >= 11 is 5.55. The molecule has 0 spiro atoms. The van der Waals surface area contributed by atoms with E-state index in [9.17, 15) is 14.4 Å². The lowest BCUT2D eigenvalue weighted by Gasteiger charge is -2.05. The van der Waals surface area contributed by atoms with Crippen LogP contribution in [-0.4, -0.2) is 35.5 Å². The van der Waals surface area contributed by atoms with Gasteiger partial charge >= 0.3 is 0 Å². The third-order valence-corrected chi connectivity index (χ3v) is 3.43. The molecule has 106 valence electrons. The summed E-state index contributed by atoms with van der Waals surface area (Å²) in [5, 5.41) is 2.72. The minimum atomic E-state index is -0.344. The molecular weight excluding hydrogens is 280 g/mol. The Bertz CT molecular complexity index is 572. The van der Waals surface area contributed by atoms with Crippen molar-refractivity contribution in [2.45, 2.75) is 19.3 Å². The SMILES string of the molecule is CN1C(=O)c2ccc(NC(=O)CCCCCl)cc2C1=O. The smallest absolute Gasteiger partial charge is 0.261 e. The van der Waals surface area contributed by atoms with E-state index in [1.807, 2.05) is 0 Å². The monoisotopic (exact) mass is 294 g/mol. The molecule has 3 amide bonds. The zero-order chi connectivity index (χ0) is 14.7. The Morgan fingerprint density at radius 1 is 1.20 bits per heavy atom. The van der Waals surface area contributed by atoms with E-state index in [1.54, 1.807) is 18.2 Å². The number of anilines is 1. The molecule has 6 heteroatoms.